The van der Waals surface area contributed by atoms with E-state index in [2.05, 4.69) is 24.2 Å². The Morgan fingerprint density at radius 1 is 1.47 bits per heavy atom. The molecule has 0 bridgehead atoms. The highest BCUT2D eigenvalue weighted by atomic mass is 32.2. The number of hydrogen-bond donors (Lipinski definition) is 1. The summed E-state index contributed by atoms with van der Waals surface area (Å²) in [5.74, 6) is 1.12. The predicted octanol–water partition coefficient (Wildman–Crippen LogP) is 3.13. The van der Waals surface area contributed by atoms with Gasteiger partial charge in [-0.2, -0.15) is 0 Å². The minimum absolute atomic E-state index is 0.0414. The number of nitrogens with one attached hydrogen (secondary N) is 1. The molecule has 0 radical (unpaired) electrons. The van der Waals surface area contributed by atoms with E-state index in [9.17, 15) is 4.39 Å². The summed E-state index contributed by atoms with van der Waals surface area (Å²) >= 11 is 1.66. The van der Waals surface area contributed by atoms with E-state index in [1.54, 1.807) is 17.8 Å². The quantitative estimate of drug-likeness (QED) is 0.880. The van der Waals surface area contributed by atoms with Gasteiger partial charge in [-0.3, -0.25) is 4.99 Å². The molecule has 0 unspecified atom stereocenters. The maximum Gasteiger partial charge on any atom is 0.161 e. The lowest BCUT2D eigenvalue weighted by Gasteiger charge is -2.11. The normalized spacial score (nSPS) is 17.8. The standard InChI is InChI=1S/C12H15FN2OS/c1-12(2)7-17-11(15-12)14-9-5-4-8(13)6-10(9)16-3/h4-6H,7H2,1-3H3,(H,14,15). The van der Waals surface area contributed by atoms with Crippen molar-refractivity contribution in [1.82, 2.24) is 0 Å². The van der Waals surface area contributed by atoms with Crippen LogP contribution in [-0.2, 0) is 0 Å². The molecule has 0 saturated heterocycles. The largest absolute Gasteiger partial charge is 0.494 e. The monoisotopic (exact) mass is 254 g/mol. The van der Waals surface area contributed by atoms with Gasteiger partial charge in [0.2, 0.25) is 0 Å². The molecule has 1 N–H and O–H groups in total. The minimum atomic E-state index is -0.311. The molecular formula is C12H15FN2OS. The Bertz CT molecular complexity index is 460. The van der Waals surface area contributed by atoms with E-state index >= 15 is 0 Å². The first kappa shape index (κ1) is 12.2. The first-order valence-electron chi connectivity index (χ1n) is 5.33. The van der Waals surface area contributed by atoms with Crippen molar-refractivity contribution in [1.29, 1.82) is 0 Å². The number of aliphatic imine (C=N–C) groups is 1. The third-order valence-electron chi connectivity index (χ3n) is 2.37. The minimum Gasteiger partial charge on any atom is -0.494 e. The van der Waals surface area contributed by atoms with Crippen LogP contribution in [-0.4, -0.2) is 23.6 Å². The van der Waals surface area contributed by atoms with Crippen molar-refractivity contribution in [3.63, 3.8) is 0 Å². The average Bonchev–Trinajstić information content (AvgIpc) is 2.61. The molecule has 0 saturated carbocycles. The molecule has 2 rings (SSSR count). The summed E-state index contributed by atoms with van der Waals surface area (Å²) in [5.41, 5.74) is 0.693. The predicted molar refractivity (Wildman–Crippen MR) is 70.5 cm³/mol. The summed E-state index contributed by atoms with van der Waals surface area (Å²) in [5, 5.41) is 4.01. The third-order valence-corrected chi connectivity index (χ3v) is 3.69. The Balaban J connectivity index is 2.20. The van der Waals surface area contributed by atoms with Crippen LogP contribution in [0.1, 0.15) is 13.8 Å². The molecule has 1 aromatic rings. The van der Waals surface area contributed by atoms with Crippen molar-refractivity contribution in [2.24, 2.45) is 4.99 Å². The van der Waals surface area contributed by atoms with Gasteiger partial charge in [0.1, 0.15) is 11.6 Å². The topological polar surface area (TPSA) is 33.6 Å². The van der Waals surface area contributed by atoms with Crippen LogP contribution in [0.5, 0.6) is 5.75 Å². The van der Waals surface area contributed by atoms with Crippen LogP contribution >= 0.6 is 11.8 Å². The summed E-state index contributed by atoms with van der Waals surface area (Å²) < 4.78 is 18.1. The Kier molecular flexibility index (Phi) is 3.28. The molecule has 0 amide bonds. The average molecular weight is 254 g/mol. The second kappa shape index (κ2) is 4.56. The van der Waals surface area contributed by atoms with Crippen molar-refractivity contribution >= 4 is 22.6 Å². The SMILES string of the molecule is COc1cc(F)ccc1NC1=NC(C)(C)CS1. The lowest BCUT2D eigenvalue weighted by atomic mass is 10.1. The van der Waals surface area contributed by atoms with Crippen LogP contribution in [0.4, 0.5) is 10.1 Å². The molecule has 5 heteroatoms. The fourth-order valence-corrected chi connectivity index (χ4v) is 2.58. The molecule has 0 fully saturated rings. The van der Waals surface area contributed by atoms with E-state index < -0.39 is 0 Å². The van der Waals surface area contributed by atoms with E-state index in [-0.39, 0.29) is 11.4 Å². The number of benzene rings is 1. The van der Waals surface area contributed by atoms with Gasteiger partial charge in [0.25, 0.3) is 0 Å². The molecule has 0 spiro atoms. The second-order valence-electron chi connectivity index (χ2n) is 4.49. The van der Waals surface area contributed by atoms with E-state index in [1.807, 2.05) is 0 Å². The Morgan fingerprint density at radius 3 is 2.82 bits per heavy atom. The Labute approximate surface area is 104 Å². The van der Waals surface area contributed by atoms with Crippen molar-refractivity contribution in [3.05, 3.63) is 24.0 Å². The highest BCUT2D eigenvalue weighted by Gasteiger charge is 2.25. The van der Waals surface area contributed by atoms with Gasteiger partial charge in [0, 0.05) is 11.8 Å². The van der Waals surface area contributed by atoms with Crippen molar-refractivity contribution in [3.8, 4) is 5.75 Å². The van der Waals surface area contributed by atoms with Crippen LogP contribution in [0.2, 0.25) is 0 Å². The van der Waals surface area contributed by atoms with Crippen LogP contribution in [0.25, 0.3) is 0 Å². The molecule has 17 heavy (non-hydrogen) atoms. The van der Waals surface area contributed by atoms with Gasteiger partial charge in [-0.1, -0.05) is 11.8 Å². The van der Waals surface area contributed by atoms with Gasteiger partial charge >= 0.3 is 0 Å². The van der Waals surface area contributed by atoms with Crippen molar-refractivity contribution in [2.75, 3.05) is 18.2 Å². The zero-order valence-electron chi connectivity index (χ0n) is 10.1. The summed E-state index contributed by atoms with van der Waals surface area (Å²) in [4.78, 5) is 4.53. The molecule has 92 valence electrons. The van der Waals surface area contributed by atoms with Crippen molar-refractivity contribution in [2.45, 2.75) is 19.4 Å². The first-order valence-corrected chi connectivity index (χ1v) is 6.32. The molecule has 1 heterocycles. The van der Waals surface area contributed by atoms with Crippen LogP contribution < -0.4 is 10.1 Å². The zero-order chi connectivity index (χ0) is 12.5. The summed E-state index contributed by atoms with van der Waals surface area (Å²) in [6.45, 7) is 4.16. The fraction of sp³-hybridized carbons (Fsp3) is 0.417. The Morgan fingerprint density at radius 2 is 2.24 bits per heavy atom. The molecule has 1 aromatic carbocycles. The highest BCUT2D eigenvalue weighted by molar-refractivity contribution is 8.14. The fourth-order valence-electron chi connectivity index (χ4n) is 1.53. The van der Waals surface area contributed by atoms with Gasteiger partial charge in [0.05, 0.1) is 18.3 Å². The number of nitrogens with zero attached hydrogens (tertiary/aromatic N) is 1. The number of rotatable bonds is 2. The molecular weight excluding hydrogens is 239 g/mol. The lowest BCUT2D eigenvalue weighted by Crippen LogP contribution is -2.15. The van der Waals surface area contributed by atoms with Gasteiger partial charge in [0.15, 0.2) is 5.17 Å². The van der Waals surface area contributed by atoms with Crippen molar-refractivity contribution < 1.29 is 9.13 Å². The van der Waals surface area contributed by atoms with Gasteiger partial charge in [-0.15, -0.1) is 0 Å². The van der Waals surface area contributed by atoms with E-state index in [4.69, 9.17) is 4.74 Å². The van der Waals surface area contributed by atoms with Crippen LogP contribution in [0.15, 0.2) is 23.2 Å². The molecule has 1 aliphatic heterocycles. The maximum absolute atomic E-state index is 13.0. The van der Waals surface area contributed by atoms with Gasteiger partial charge in [-0.05, 0) is 26.0 Å². The number of ether oxygens (including phenoxy) is 1. The second-order valence-corrected chi connectivity index (χ2v) is 5.45. The summed E-state index contributed by atoms with van der Waals surface area (Å²) in [6.07, 6.45) is 0. The highest BCUT2D eigenvalue weighted by Crippen LogP contribution is 2.31. The number of halogens is 1. The smallest absolute Gasteiger partial charge is 0.161 e. The lowest BCUT2D eigenvalue weighted by molar-refractivity contribution is 0.413. The van der Waals surface area contributed by atoms with Gasteiger partial charge < -0.3 is 10.1 Å². The van der Waals surface area contributed by atoms with Crippen LogP contribution in [0, 0.1) is 5.82 Å². The molecule has 1 aliphatic rings. The molecule has 3 nitrogen and oxygen atoms in total. The number of amidine groups is 1. The van der Waals surface area contributed by atoms with E-state index in [1.165, 1.54) is 19.2 Å². The van der Waals surface area contributed by atoms with E-state index in [0.29, 0.717) is 5.75 Å². The van der Waals surface area contributed by atoms with Gasteiger partial charge in [-0.25, -0.2) is 4.39 Å². The Hall–Kier alpha value is -1.23. The number of hydrogen-bond acceptors (Lipinski definition) is 4. The van der Waals surface area contributed by atoms with E-state index in [0.717, 1.165) is 16.6 Å². The number of anilines is 1. The molecule has 0 atom stereocenters. The van der Waals surface area contributed by atoms with Crippen LogP contribution in [0.3, 0.4) is 0 Å². The molecule has 0 aliphatic carbocycles. The number of methoxy groups -OCH3 is 1. The first-order chi connectivity index (χ1) is 8.00. The molecule has 0 aromatic heterocycles. The summed E-state index contributed by atoms with van der Waals surface area (Å²) in [6, 6.07) is 4.41. The number of thioether (sulfide) groups is 1. The third kappa shape index (κ3) is 2.91. The maximum atomic E-state index is 13.0. The zero-order valence-corrected chi connectivity index (χ0v) is 10.9. The summed E-state index contributed by atoms with van der Waals surface area (Å²) in [7, 11) is 1.52.